The lowest BCUT2D eigenvalue weighted by Gasteiger charge is -2.30. The van der Waals surface area contributed by atoms with Gasteiger partial charge in [-0.1, -0.05) is 45.0 Å². The number of benzene rings is 2. The summed E-state index contributed by atoms with van der Waals surface area (Å²) in [5, 5.41) is 33.8. The van der Waals surface area contributed by atoms with Gasteiger partial charge in [0.2, 0.25) is 11.6 Å². The second-order valence-corrected chi connectivity index (χ2v) is 16.3. The highest BCUT2D eigenvalue weighted by Crippen LogP contribution is 2.44. The summed E-state index contributed by atoms with van der Waals surface area (Å²) in [5.41, 5.74) is 0.481. The zero-order valence-corrected chi connectivity index (χ0v) is 37.2. The molecule has 0 saturated carbocycles. The minimum Gasteiger partial charge on any atom is -0.493 e. The van der Waals surface area contributed by atoms with E-state index in [0.717, 1.165) is 5.56 Å². The highest BCUT2D eigenvalue weighted by molar-refractivity contribution is 7.92. The Labute approximate surface area is 374 Å². The number of sulfonamides is 1. The zero-order chi connectivity index (χ0) is 47.4. The van der Waals surface area contributed by atoms with Gasteiger partial charge in [0.25, 0.3) is 15.9 Å². The van der Waals surface area contributed by atoms with Crippen LogP contribution in [-0.4, -0.2) is 125 Å². The molecule has 356 valence electrons. The van der Waals surface area contributed by atoms with Crippen molar-refractivity contribution in [3.8, 4) is 34.8 Å². The fourth-order valence-electron chi connectivity index (χ4n) is 5.52. The fourth-order valence-corrected chi connectivity index (χ4v) is 7.01. The predicted molar refractivity (Wildman–Crippen MR) is 221 cm³/mol. The van der Waals surface area contributed by atoms with E-state index in [2.05, 4.69) is 29.6 Å². The monoisotopic (exact) mass is 935 g/mol. The number of nitrogens with zero attached hydrogens (tertiary/aromatic N) is 7. The largest absolute Gasteiger partial charge is 0.510 e. The molecule has 4 aromatic rings. The van der Waals surface area contributed by atoms with E-state index in [-0.39, 0.29) is 72.7 Å². The summed E-state index contributed by atoms with van der Waals surface area (Å²) in [6.07, 6.45) is 0.648. The number of carbonyl (C=O) groups excluding carboxylic acids is 2. The van der Waals surface area contributed by atoms with Crippen LogP contribution in [0.15, 0.2) is 71.9 Å². The molecular weight excluding hydrogens is 883 g/mol. The molecule has 0 aliphatic rings. The maximum absolute atomic E-state index is 15.0. The molecule has 2 aromatic heterocycles. The molecule has 0 fully saturated rings. The van der Waals surface area contributed by atoms with Crippen molar-refractivity contribution in [1.29, 1.82) is 0 Å². The molecule has 0 saturated heterocycles. The molecule has 0 amide bonds. The van der Waals surface area contributed by atoms with Crippen LogP contribution >= 0.6 is 0 Å². The van der Waals surface area contributed by atoms with Crippen LogP contribution in [0.2, 0.25) is 0 Å². The summed E-state index contributed by atoms with van der Waals surface area (Å²) < 4.78 is 69.8. The van der Waals surface area contributed by atoms with Crippen LogP contribution < -0.4 is 18.5 Å². The second-order valence-electron chi connectivity index (χ2n) is 14.5. The average Bonchev–Trinajstić information content (AvgIpc) is 3.26. The number of ether oxygens (including phenoxy) is 7. The second kappa shape index (κ2) is 25.5. The molecule has 24 nitrogen and oxygen atoms in total. The molecule has 25 heteroatoms. The SMILES string of the molecule is COc1ccccc1Oc1c(OCCOC(=O)OCCCCCON(O)O)nc(-c2ncccn2)nc1N(C(C)OC(=O)OCCCCON(O)O)S(=O)(=O)c1ccc(C(C)(C)C)cc1. The highest BCUT2D eigenvalue weighted by Gasteiger charge is 2.39. The molecule has 4 N–H and O–H groups in total. The van der Waals surface area contributed by atoms with E-state index in [4.69, 9.17) is 54.0 Å². The molecule has 1 atom stereocenters. The van der Waals surface area contributed by atoms with Gasteiger partial charge in [0.15, 0.2) is 29.4 Å². The fraction of sp³-hybridized carbons (Fsp3) is 0.450. The number of para-hydroxylation sites is 2. The van der Waals surface area contributed by atoms with Gasteiger partial charge in [-0.3, -0.25) is 30.5 Å². The van der Waals surface area contributed by atoms with Gasteiger partial charge in [0.05, 0.1) is 49.2 Å². The Bertz CT molecular complexity index is 2200. The Morgan fingerprint density at radius 1 is 0.692 bits per heavy atom. The molecule has 2 heterocycles. The molecular formula is C40H53N7O17S. The molecule has 1 unspecified atom stereocenters. The Kier molecular flexibility index (Phi) is 20.2. The number of rotatable bonds is 26. The third-order valence-electron chi connectivity index (χ3n) is 8.67. The van der Waals surface area contributed by atoms with E-state index in [1.54, 1.807) is 30.3 Å². The third kappa shape index (κ3) is 16.5. The van der Waals surface area contributed by atoms with Crippen molar-refractivity contribution in [2.45, 2.75) is 76.3 Å². The summed E-state index contributed by atoms with van der Waals surface area (Å²) >= 11 is 0. The summed E-state index contributed by atoms with van der Waals surface area (Å²) in [4.78, 5) is 51.9. The number of carbonyl (C=O) groups is 2. The first-order valence-electron chi connectivity index (χ1n) is 20.0. The van der Waals surface area contributed by atoms with Crippen molar-refractivity contribution >= 4 is 28.2 Å². The number of aromatic nitrogens is 4. The maximum atomic E-state index is 15.0. The summed E-state index contributed by atoms with van der Waals surface area (Å²) in [6.45, 7) is 6.06. The standard InChI is InChI=1S/C40H53N7O17S/c1-28(63-39(49)59-23-11-12-25-62-47(52)53)45(65(54,55)30-18-16-29(17-19-30)40(2,3)4)36-33(64-32-15-8-7-14-31(32)56-5)37(44-35(43-36)34-41-20-13-21-42-34)57-26-27-60-38(48)58-22-9-6-10-24-61-46(50)51/h7-8,13-21,28,50-53H,6,9-12,22-27H2,1-5H3. The number of hydrogen-bond acceptors (Lipinski definition) is 23. The highest BCUT2D eigenvalue weighted by atomic mass is 32.2. The first-order chi connectivity index (χ1) is 31.0. The van der Waals surface area contributed by atoms with E-state index in [1.165, 1.54) is 50.7 Å². The molecule has 65 heavy (non-hydrogen) atoms. The lowest BCUT2D eigenvalue weighted by molar-refractivity contribution is -0.492. The Morgan fingerprint density at radius 2 is 1.26 bits per heavy atom. The molecule has 0 aliphatic carbocycles. The van der Waals surface area contributed by atoms with Gasteiger partial charge in [0.1, 0.15) is 13.2 Å². The molecule has 2 aromatic carbocycles. The number of hydrogen-bond donors (Lipinski definition) is 4. The van der Waals surface area contributed by atoms with Crippen molar-refractivity contribution in [1.82, 2.24) is 30.7 Å². The van der Waals surface area contributed by atoms with Gasteiger partial charge >= 0.3 is 12.3 Å². The average molecular weight is 936 g/mol. The van der Waals surface area contributed by atoms with Crippen LogP contribution in [0.5, 0.6) is 23.1 Å². The van der Waals surface area contributed by atoms with Crippen LogP contribution in [0.1, 0.15) is 65.4 Å². The minimum absolute atomic E-state index is 0.00559. The summed E-state index contributed by atoms with van der Waals surface area (Å²) in [7, 11) is -3.40. The van der Waals surface area contributed by atoms with Crippen LogP contribution in [-0.2, 0) is 44.1 Å². The van der Waals surface area contributed by atoms with E-state index >= 15 is 8.42 Å². The van der Waals surface area contributed by atoms with Gasteiger partial charge in [-0.2, -0.15) is 4.98 Å². The van der Waals surface area contributed by atoms with Crippen molar-refractivity contribution in [2.75, 3.05) is 51.1 Å². The number of methoxy groups -OCH3 is 1. The van der Waals surface area contributed by atoms with Crippen LogP contribution in [0.3, 0.4) is 0 Å². The van der Waals surface area contributed by atoms with E-state index < -0.39 is 70.0 Å². The Morgan fingerprint density at radius 3 is 1.88 bits per heavy atom. The van der Waals surface area contributed by atoms with Gasteiger partial charge < -0.3 is 33.2 Å². The van der Waals surface area contributed by atoms with Gasteiger partial charge in [-0.25, -0.2) is 37.3 Å². The smallest absolute Gasteiger partial charge is 0.493 e. The zero-order valence-electron chi connectivity index (χ0n) is 36.3. The lowest BCUT2D eigenvalue weighted by Crippen LogP contribution is -2.42. The molecule has 0 spiro atoms. The summed E-state index contributed by atoms with van der Waals surface area (Å²) in [6, 6.07) is 14.0. The molecule has 0 radical (unpaired) electrons. The minimum atomic E-state index is -4.79. The van der Waals surface area contributed by atoms with E-state index in [0.29, 0.717) is 23.6 Å². The van der Waals surface area contributed by atoms with Crippen molar-refractivity contribution in [2.24, 2.45) is 0 Å². The van der Waals surface area contributed by atoms with Crippen LogP contribution in [0.4, 0.5) is 15.4 Å². The quantitative estimate of drug-likeness (QED) is 0.0235. The van der Waals surface area contributed by atoms with Crippen molar-refractivity contribution in [3.63, 3.8) is 0 Å². The summed E-state index contributed by atoms with van der Waals surface area (Å²) in [5.74, 6) is -1.41. The van der Waals surface area contributed by atoms with Crippen molar-refractivity contribution < 1.29 is 81.7 Å². The van der Waals surface area contributed by atoms with Crippen molar-refractivity contribution in [3.05, 3.63) is 72.6 Å². The molecule has 0 bridgehead atoms. The van der Waals surface area contributed by atoms with Crippen LogP contribution in [0, 0.1) is 0 Å². The van der Waals surface area contributed by atoms with Gasteiger partial charge in [0, 0.05) is 12.4 Å². The number of anilines is 1. The topological polar surface area (TPSA) is 294 Å². The molecule has 4 rings (SSSR count). The lowest BCUT2D eigenvalue weighted by atomic mass is 9.87. The maximum Gasteiger partial charge on any atom is 0.510 e. The Balaban J connectivity index is 1.77. The van der Waals surface area contributed by atoms with Crippen LogP contribution in [0.25, 0.3) is 11.6 Å². The van der Waals surface area contributed by atoms with E-state index in [1.807, 2.05) is 20.8 Å². The number of unbranched alkanes of at least 4 members (excludes halogenated alkanes) is 3. The predicted octanol–water partition coefficient (Wildman–Crippen LogP) is 6.23. The molecule has 0 aliphatic heterocycles. The van der Waals surface area contributed by atoms with E-state index in [9.17, 15) is 9.59 Å². The third-order valence-corrected chi connectivity index (χ3v) is 10.5. The van der Waals surface area contributed by atoms with Gasteiger partial charge in [-0.15, -0.1) is 0 Å². The first-order valence-corrected chi connectivity index (χ1v) is 21.5. The normalized spacial score (nSPS) is 12.1. The first kappa shape index (κ1) is 51.6. The van der Waals surface area contributed by atoms with Gasteiger partial charge in [-0.05, 0) is 80.3 Å². The Hall–Kier alpha value is -6.03.